The summed E-state index contributed by atoms with van der Waals surface area (Å²) < 4.78 is 5.04. The molecule has 1 aliphatic rings. The first-order chi connectivity index (χ1) is 8.07. The van der Waals surface area contributed by atoms with Gasteiger partial charge in [-0.3, -0.25) is 4.79 Å². The highest BCUT2D eigenvalue weighted by atomic mass is 16.5. The molecule has 0 radical (unpaired) electrons. The number of nitrogens with zero attached hydrogens (tertiary/aromatic N) is 1. The minimum Gasteiger partial charge on any atom is -0.383 e. The normalized spacial score (nSPS) is 18.7. The third-order valence-electron chi connectivity index (χ3n) is 3.39. The fourth-order valence-electron chi connectivity index (χ4n) is 2.25. The second-order valence-corrected chi connectivity index (χ2v) is 4.41. The van der Waals surface area contributed by atoms with Gasteiger partial charge in [0.15, 0.2) is 0 Å². The number of nitrogens with two attached hydrogens (primary N) is 1. The van der Waals surface area contributed by atoms with Gasteiger partial charge in [-0.1, -0.05) is 12.1 Å². The van der Waals surface area contributed by atoms with Crippen LogP contribution in [0.15, 0.2) is 12.1 Å². The number of aryl methyl sites for hydroxylation is 1. The van der Waals surface area contributed by atoms with Crippen LogP contribution >= 0.6 is 0 Å². The third-order valence-corrected chi connectivity index (χ3v) is 3.39. The Morgan fingerprint density at radius 1 is 1.41 bits per heavy atom. The predicted octanol–water partition coefficient (Wildman–Crippen LogP) is 1.30. The highest BCUT2D eigenvalue weighted by Crippen LogP contribution is 2.38. The van der Waals surface area contributed by atoms with Crippen molar-refractivity contribution in [1.82, 2.24) is 0 Å². The van der Waals surface area contributed by atoms with Crippen LogP contribution in [0.5, 0.6) is 0 Å². The first-order valence-electron chi connectivity index (χ1n) is 5.74. The number of rotatable bonds is 3. The summed E-state index contributed by atoms with van der Waals surface area (Å²) in [4.78, 5) is 13.8. The maximum absolute atomic E-state index is 12.1. The smallest absolute Gasteiger partial charge is 0.248 e. The van der Waals surface area contributed by atoms with Gasteiger partial charge in [0.2, 0.25) is 5.91 Å². The topological polar surface area (TPSA) is 55.6 Å². The summed E-state index contributed by atoms with van der Waals surface area (Å²) in [6.07, 6.45) is 0. The molecule has 0 bridgehead atoms. The van der Waals surface area contributed by atoms with Crippen LogP contribution < -0.4 is 10.6 Å². The van der Waals surface area contributed by atoms with Crippen LogP contribution in [0.3, 0.4) is 0 Å². The number of anilines is 1. The van der Waals surface area contributed by atoms with Crippen molar-refractivity contribution in [3.05, 3.63) is 28.8 Å². The number of carbonyl (C=O) groups is 1. The molecule has 1 aromatic carbocycles. The van der Waals surface area contributed by atoms with Crippen molar-refractivity contribution in [3.63, 3.8) is 0 Å². The fraction of sp³-hybridized carbons (Fsp3) is 0.462. The molecule has 0 aromatic heterocycles. The molecule has 1 amide bonds. The standard InChI is InChI=1S/C13H18N2O2/c1-8-4-5-10-11(14)13(16)15(6-7-17-3)12(10)9(8)2/h4-5,11H,6-7,14H2,1-3H3. The zero-order chi connectivity index (χ0) is 12.6. The zero-order valence-electron chi connectivity index (χ0n) is 10.5. The van der Waals surface area contributed by atoms with E-state index in [-0.39, 0.29) is 5.91 Å². The molecule has 0 saturated heterocycles. The summed E-state index contributed by atoms with van der Waals surface area (Å²) >= 11 is 0. The zero-order valence-corrected chi connectivity index (χ0v) is 10.5. The number of fused-ring (bicyclic) bond motifs is 1. The molecule has 4 nitrogen and oxygen atoms in total. The molecule has 0 spiro atoms. The van der Waals surface area contributed by atoms with Crippen molar-refractivity contribution in [3.8, 4) is 0 Å². The van der Waals surface area contributed by atoms with Crippen molar-refractivity contribution in [2.75, 3.05) is 25.2 Å². The number of carbonyl (C=O) groups excluding carboxylic acids is 1. The molecule has 17 heavy (non-hydrogen) atoms. The molecule has 1 aromatic rings. The summed E-state index contributed by atoms with van der Waals surface area (Å²) in [5.41, 5.74) is 10.1. The lowest BCUT2D eigenvalue weighted by molar-refractivity contribution is -0.119. The van der Waals surface area contributed by atoms with E-state index < -0.39 is 6.04 Å². The number of hydrogen-bond donors (Lipinski definition) is 1. The summed E-state index contributed by atoms with van der Waals surface area (Å²) in [7, 11) is 1.63. The van der Waals surface area contributed by atoms with Crippen molar-refractivity contribution >= 4 is 11.6 Å². The lowest BCUT2D eigenvalue weighted by Crippen LogP contribution is -2.34. The SMILES string of the molecule is COCCN1C(=O)C(N)c2ccc(C)c(C)c21. The maximum Gasteiger partial charge on any atom is 0.248 e. The molecule has 0 aliphatic carbocycles. The van der Waals surface area contributed by atoms with E-state index in [0.29, 0.717) is 13.2 Å². The molecular formula is C13H18N2O2. The van der Waals surface area contributed by atoms with Crippen LogP contribution in [-0.2, 0) is 9.53 Å². The molecule has 0 fully saturated rings. The van der Waals surface area contributed by atoms with E-state index in [0.717, 1.165) is 16.8 Å². The number of amides is 1. The van der Waals surface area contributed by atoms with Gasteiger partial charge in [-0.25, -0.2) is 0 Å². The highest BCUT2D eigenvalue weighted by Gasteiger charge is 2.35. The Labute approximate surface area is 101 Å². The summed E-state index contributed by atoms with van der Waals surface area (Å²) in [5, 5.41) is 0. The first kappa shape index (κ1) is 12.1. The fourth-order valence-corrected chi connectivity index (χ4v) is 2.25. The van der Waals surface area contributed by atoms with Gasteiger partial charge in [-0.15, -0.1) is 0 Å². The van der Waals surface area contributed by atoms with Gasteiger partial charge < -0.3 is 15.4 Å². The molecule has 1 heterocycles. The van der Waals surface area contributed by atoms with Crippen LogP contribution in [0.25, 0.3) is 0 Å². The van der Waals surface area contributed by atoms with Gasteiger partial charge in [0, 0.05) is 19.2 Å². The molecule has 1 atom stereocenters. The van der Waals surface area contributed by atoms with Crippen molar-refractivity contribution in [1.29, 1.82) is 0 Å². The number of methoxy groups -OCH3 is 1. The van der Waals surface area contributed by atoms with E-state index in [1.165, 1.54) is 5.56 Å². The van der Waals surface area contributed by atoms with Gasteiger partial charge in [-0.05, 0) is 25.0 Å². The summed E-state index contributed by atoms with van der Waals surface area (Å²) in [5.74, 6) is -0.0363. The van der Waals surface area contributed by atoms with E-state index >= 15 is 0 Å². The largest absolute Gasteiger partial charge is 0.383 e. The van der Waals surface area contributed by atoms with Crippen molar-refractivity contribution in [2.24, 2.45) is 5.73 Å². The monoisotopic (exact) mass is 234 g/mol. The van der Waals surface area contributed by atoms with Crippen molar-refractivity contribution in [2.45, 2.75) is 19.9 Å². The Bertz CT molecular complexity index is 457. The van der Waals surface area contributed by atoms with Gasteiger partial charge in [-0.2, -0.15) is 0 Å². The number of hydrogen-bond acceptors (Lipinski definition) is 3. The predicted molar refractivity (Wildman–Crippen MR) is 67.1 cm³/mol. The van der Waals surface area contributed by atoms with Crippen LogP contribution in [0.1, 0.15) is 22.7 Å². The minimum absolute atomic E-state index is 0.0363. The van der Waals surface area contributed by atoms with Crippen LogP contribution in [0, 0.1) is 13.8 Å². The Balaban J connectivity index is 2.46. The molecule has 1 aliphatic heterocycles. The highest BCUT2D eigenvalue weighted by molar-refractivity contribution is 6.05. The molecule has 2 N–H and O–H groups in total. The van der Waals surface area contributed by atoms with E-state index in [2.05, 4.69) is 0 Å². The average Bonchev–Trinajstić information content (AvgIpc) is 2.56. The molecule has 0 saturated carbocycles. The molecule has 2 rings (SSSR count). The van der Waals surface area contributed by atoms with Gasteiger partial charge in [0.05, 0.1) is 12.3 Å². The second kappa shape index (κ2) is 4.47. The van der Waals surface area contributed by atoms with E-state index in [4.69, 9.17) is 10.5 Å². The van der Waals surface area contributed by atoms with Gasteiger partial charge >= 0.3 is 0 Å². The Kier molecular flexibility index (Phi) is 3.17. The van der Waals surface area contributed by atoms with E-state index in [1.807, 2.05) is 26.0 Å². The minimum atomic E-state index is -0.527. The average molecular weight is 234 g/mol. The Morgan fingerprint density at radius 3 is 2.76 bits per heavy atom. The lowest BCUT2D eigenvalue weighted by Gasteiger charge is -2.19. The molecule has 1 unspecified atom stereocenters. The first-order valence-corrected chi connectivity index (χ1v) is 5.74. The van der Waals surface area contributed by atoms with E-state index in [1.54, 1.807) is 12.0 Å². The maximum atomic E-state index is 12.1. The second-order valence-electron chi connectivity index (χ2n) is 4.41. The van der Waals surface area contributed by atoms with Crippen molar-refractivity contribution < 1.29 is 9.53 Å². The summed E-state index contributed by atoms with van der Waals surface area (Å²) in [6.45, 7) is 5.14. The molecular weight excluding hydrogens is 216 g/mol. The Hall–Kier alpha value is -1.39. The lowest BCUT2D eigenvalue weighted by atomic mass is 10.0. The number of benzene rings is 1. The quantitative estimate of drug-likeness (QED) is 0.857. The molecule has 92 valence electrons. The third kappa shape index (κ3) is 1.83. The van der Waals surface area contributed by atoms with Gasteiger partial charge in [0.25, 0.3) is 0 Å². The van der Waals surface area contributed by atoms with Crippen LogP contribution in [-0.4, -0.2) is 26.2 Å². The number of ether oxygens (including phenoxy) is 1. The Morgan fingerprint density at radius 2 is 2.12 bits per heavy atom. The van der Waals surface area contributed by atoms with Crippen LogP contribution in [0.2, 0.25) is 0 Å². The summed E-state index contributed by atoms with van der Waals surface area (Å²) in [6, 6.07) is 3.44. The van der Waals surface area contributed by atoms with E-state index in [9.17, 15) is 4.79 Å². The van der Waals surface area contributed by atoms with Crippen LogP contribution in [0.4, 0.5) is 5.69 Å². The van der Waals surface area contributed by atoms with Gasteiger partial charge in [0.1, 0.15) is 6.04 Å². The molecule has 4 heteroatoms.